The van der Waals surface area contributed by atoms with E-state index >= 15 is 0 Å². The van der Waals surface area contributed by atoms with Gasteiger partial charge in [0.1, 0.15) is 19.8 Å². The lowest BCUT2D eigenvalue weighted by Crippen LogP contribution is -2.37. The number of allylic oxidation sites excluding steroid dienone is 44. The number of carbonyl (C=O) groups excluding carboxylic acids is 2. The fourth-order valence-electron chi connectivity index (χ4n) is 10.1. The van der Waals surface area contributed by atoms with Crippen molar-refractivity contribution in [1.29, 1.82) is 0 Å². The molecule has 10 heteroatoms. The van der Waals surface area contributed by atoms with Crippen LogP contribution >= 0.6 is 7.82 Å². The molecule has 0 aromatic heterocycles. The molecule has 0 rings (SSSR count). The molecule has 0 spiro atoms. The average molecular weight is 1480 g/mol. The summed E-state index contributed by atoms with van der Waals surface area (Å²) >= 11 is 0. The standard InChI is InChI=1S/C96H148NO8P/c1-6-8-10-12-14-16-18-20-22-24-26-28-30-32-34-36-38-40-42-44-46-48-50-52-54-56-58-60-62-64-66-68-70-72-74-76-78-80-82-84-86-88-95(98)102-92-94(93-104-106(100,101)103-91-90-97(3,4)5)105-96(99)89-87-85-83-81-79-77-75-73-71-69-67-65-63-61-59-57-55-53-51-49-47-45-43-41-39-37-35-33-31-29-27-25-23-21-19-17-15-13-11-9-7-2/h8-11,14-17,20-23,26-29,32-35,38-41,44-47,50-53,56-59,62-65,68-71,94H,6-7,12-13,18-19,24-25,30-31,36-37,42-43,48-49,54-55,60-61,66-67,72-93H2,1-5H3/p+1/b10-8-,11-9-,16-14-,17-15-,22-20-,23-21-,28-26-,29-27-,34-32-,35-33-,40-38-,41-39-,46-44-,47-45-,52-50-,53-51-,58-56-,59-57-,64-62-,65-63-,70-68-,71-69-. The van der Waals surface area contributed by atoms with Gasteiger partial charge in [-0.1, -0.05) is 345 Å². The van der Waals surface area contributed by atoms with Crippen molar-refractivity contribution in [3.05, 3.63) is 267 Å². The van der Waals surface area contributed by atoms with Gasteiger partial charge in [-0.25, -0.2) is 4.57 Å². The number of unbranched alkanes of at least 4 members (excludes halogenated alkanes) is 14. The molecule has 0 amide bonds. The van der Waals surface area contributed by atoms with Crippen molar-refractivity contribution in [2.24, 2.45) is 0 Å². The smallest absolute Gasteiger partial charge is 0.462 e. The second kappa shape index (κ2) is 82.3. The number of phosphoric acid groups is 1. The predicted molar refractivity (Wildman–Crippen MR) is 463 cm³/mol. The quantitative estimate of drug-likeness (QED) is 0.0211. The molecule has 0 aliphatic rings. The first-order valence-electron chi connectivity index (χ1n) is 41.1. The van der Waals surface area contributed by atoms with Crippen molar-refractivity contribution in [3.8, 4) is 0 Å². The summed E-state index contributed by atoms with van der Waals surface area (Å²) < 4.78 is 34.8. The lowest BCUT2D eigenvalue weighted by Gasteiger charge is -2.24. The van der Waals surface area contributed by atoms with Crippen LogP contribution in [0.5, 0.6) is 0 Å². The Bertz CT molecular complexity index is 2800. The van der Waals surface area contributed by atoms with Crippen molar-refractivity contribution in [2.45, 2.75) is 277 Å². The minimum Gasteiger partial charge on any atom is -0.462 e. The van der Waals surface area contributed by atoms with Crippen LogP contribution in [0.15, 0.2) is 267 Å². The summed E-state index contributed by atoms with van der Waals surface area (Å²) in [5.41, 5.74) is 0. The maximum Gasteiger partial charge on any atom is 0.472 e. The Morgan fingerprint density at radius 2 is 0.509 bits per heavy atom. The fourth-order valence-corrected chi connectivity index (χ4v) is 10.8. The van der Waals surface area contributed by atoms with Crippen molar-refractivity contribution < 1.29 is 42.1 Å². The number of likely N-dealkylation sites (N-methyl/N-ethyl adjacent to an activating group) is 1. The van der Waals surface area contributed by atoms with Gasteiger partial charge in [-0.3, -0.25) is 18.6 Å². The summed E-state index contributed by atoms with van der Waals surface area (Å²) in [6.07, 6.45) is 136. The zero-order valence-corrected chi connectivity index (χ0v) is 68.2. The van der Waals surface area contributed by atoms with Crippen LogP contribution in [0.4, 0.5) is 0 Å². The summed E-state index contributed by atoms with van der Waals surface area (Å²) in [6, 6.07) is 0. The van der Waals surface area contributed by atoms with Crippen LogP contribution in [0.2, 0.25) is 0 Å². The maximum atomic E-state index is 12.9. The largest absolute Gasteiger partial charge is 0.472 e. The Morgan fingerprint density at radius 1 is 0.292 bits per heavy atom. The third kappa shape index (κ3) is 86.2. The number of hydrogen-bond acceptors (Lipinski definition) is 7. The molecule has 0 radical (unpaired) electrons. The van der Waals surface area contributed by atoms with Crippen LogP contribution in [-0.2, 0) is 32.7 Å². The second-order valence-corrected chi connectivity index (χ2v) is 28.8. The summed E-state index contributed by atoms with van der Waals surface area (Å²) in [5.74, 6) is -0.842. The summed E-state index contributed by atoms with van der Waals surface area (Å²) in [6.45, 7) is 4.15. The first-order chi connectivity index (χ1) is 52.0. The van der Waals surface area contributed by atoms with Crippen molar-refractivity contribution in [3.63, 3.8) is 0 Å². The van der Waals surface area contributed by atoms with Gasteiger partial charge in [0.05, 0.1) is 27.7 Å². The molecule has 590 valence electrons. The molecular weight excluding hydrogens is 1330 g/mol. The highest BCUT2D eigenvalue weighted by Crippen LogP contribution is 2.43. The molecular formula is C96H149NO8P+. The molecule has 106 heavy (non-hydrogen) atoms. The van der Waals surface area contributed by atoms with E-state index in [2.05, 4.69) is 281 Å². The van der Waals surface area contributed by atoms with Gasteiger partial charge in [0, 0.05) is 12.8 Å². The number of nitrogens with zero attached hydrogens (tertiary/aromatic N) is 1. The molecule has 0 fully saturated rings. The third-order valence-corrected chi connectivity index (χ3v) is 17.2. The summed E-state index contributed by atoms with van der Waals surface area (Å²) in [7, 11) is 1.43. The monoisotopic (exact) mass is 1480 g/mol. The second-order valence-electron chi connectivity index (χ2n) is 27.3. The maximum absolute atomic E-state index is 12.9. The number of carbonyl (C=O) groups is 2. The lowest BCUT2D eigenvalue weighted by atomic mass is 10.1. The van der Waals surface area contributed by atoms with Crippen LogP contribution < -0.4 is 0 Å². The van der Waals surface area contributed by atoms with E-state index in [9.17, 15) is 19.0 Å². The molecule has 9 nitrogen and oxygen atoms in total. The molecule has 0 aliphatic carbocycles. The van der Waals surface area contributed by atoms with Gasteiger partial charge < -0.3 is 18.9 Å². The molecule has 0 saturated carbocycles. The molecule has 2 atom stereocenters. The Balaban J connectivity index is 4.16. The van der Waals surface area contributed by atoms with Crippen LogP contribution in [0.25, 0.3) is 0 Å². The van der Waals surface area contributed by atoms with E-state index in [4.69, 9.17) is 18.5 Å². The van der Waals surface area contributed by atoms with Crippen LogP contribution in [0, 0.1) is 0 Å². The van der Waals surface area contributed by atoms with E-state index in [0.717, 1.165) is 199 Å². The summed E-state index contributed by atoms with van der Waals surface area (Å²) in [4.78, 5) is 36.0. The van der Waals surface area contributed by atoms with Crippen molar-refractivity contribution in [1.82, 2.24) is 0 Å². The van der Waals surface area contributed by atoms with Gasteiger partial charge in [0.15, 0.2) is 6.10 Å². The zero-order chi connectivity index (χ0) is 76.8. The molecule has 0 saturated heterocycles. The molecule has 0 bridgehead atoms. The molecule has 0 heterocycles. The fraction of sp³-hybridized carbons (Fsp3) is 0.521. The van der Waals surface area contributed by atoms with E-state index in [1.807, 2.05) is 21.1 Å². The van der Waals surface area contributed by atoms with Gasteiger partial charge >= 0.3 is 19.8 Å². The molecule has 0 aromatic carbocycles. The number of hydrogen-bond donors (Lipinski definition) is 1. The molecule has 0 aliphatic heterocycles. The van der Waals surface area contributed by atoms with Crippen LogP contribution in [0.1, 0.15) is 271 Å². The van der Waals surface area contributed by atoms with Gasteiger partial charge in [-0.15, -0.1) is 0 Å². The number of esters is 2. The van der Waals surface area contributed by atoms with Crippen molar-refractivity contribution in [2.75, 3.05) is 47.5 Å². The van der Waals surface area contributed by atoms with E-state index in [-0.39, 0.29) is 26.1 Å². The SMILES string of the molecule is CC/C=C\C/C=C\C/C=C\C/C=C\C/C=C\C/C=C\C/C=C\C/C=C\C/C=C\C/C=C\C/C=C\CCCCCCCCCC(=O)OCC(COP(=O)(O)OCC[N+](C)(C)C)OC(=O)CCCCCCCCC/C=C\C/C=C\C/C=C\C/C=C\C/C=C\C/C=C\C/C=C\C/C=C\C/C=C\C/C=C\C/C=C\CC. The minimum absolute atomic E-state index is 0.0132. The first-order valence-corrected chi connectivity index (χ1v) is 42.6. The normalized spacial score (nSPS) is 14.4. The number of quaternary nitrogens is 1. The highest BCUT2D eigenvalue weighted by molar-refractivity contribution is 7.47. The van der Waals surface area contributed by atoms with Crippen molar-refractivity contribution >= 4 is 19.8 Å². The van der Waals surface area contributed by atoms with E-state index in [1.54, 1.807) is 0 Å². The van der Waals surface area contributed by atoms with Gasteiger partial charge in [-0.2, -0.15) is 0 Å². The zero-order valence-electron chi connectivity index (χ0n) is 67.3. The number of rotatable bonds is 72. The van der Waals surface area contributed by atoms with Crippen LogP contribution in [0.3, 0.4) is 0 Å². The third-order valence-electron chi connectivity index (χ3n) is 16.3. The number of phosphoric ester groups is 1. The Morgan fingerprint density at radius 3 is 0.755 bits per heavy atom. The minimum atomic E-state index is -4.42. The first kappa shape index (κ1) is 99.3. The molecule has 2 unspecified atom stereocenters. The topological polar surface area (TPSA) is 108 Å². The highest BCUT2D eigenvalue weighted by Gasteiger charge is 2.27. The van der Waals surface area contributed by atoms with Crippen LogP contribution in [-0.4, -0.2) is 74.9 Å². The van der Waals surface area contributed by atoms with Gasteiger partial charge in [-0.05, 0) is 180 Å². The molecule has 1 N–H and O–H groups in total. The van der Waals surface area contributed by atoms with E-state index in [0.29, 0.717) is 23.9 Å². The Hall–Kier alpha value is -6.71. The Kier molecular flexibility index (Phi) is 77.1. The molecule has 0 aromatic rings. The van der Waals surface area contributed by atoms with Gasteiger partial charge in [0.25, 0.3) is 0 Å². The van der Waals surface area contributed by atoms with E-state index in [1.165, 1.54) is 32.1 Å². The lowest BCUT2D eigenvalue weighted by molar-refractivity contribution is -0.870. The van der Waals surface area contributed by atoms with Gasteiger partial charge in [0.2, 0.25) is 0 Å². The Labute approximate surface area is 649 Å². The number of ether oxygens (including phenoxy) is 2. The van der Waals surface area contributed by atoms with E-state index < -0.39 is 32.5 Å². The summed E-state index contributed by atoms with van der Waals surface area (Å²) in [5, 5.41) is 0. The highest BCUT2D eigenvalue weighted by atomic mass is 31.2. The average Bonchev–Trinajstić information content (AvgIpc) is 0.951. The predicted octanol–water partition coefficient (Wildman–Crippen LogP) is 28.2.